The topological polar surface area (TPSA) is 41.6 Å². The van der Waals surface area contributed by atoms with Gasteiger partial charge < -0.3 is 0 Å². The van der Waals surface area contributed by atoms with Gasteiger partial charge in [-0.15, -0.1) is 0 Å². The van der Waals surface area contributed by atoms with Gasteiger partial charge in [-0.3, -0.25) is 4.68 Å². The van der Waals surface area contributed by atoms with Crippen LogP contribution in [0.3, 0.4) is 0 Å². The molecule has 0 bridgehead atoms. The molecule has 0 saturated carbocycles. The van der Waals surface area contributed by atoms with Crippen molar-refractivity contribution in [3.8, 4) is 6.07 Å². The van der Waals surface area contributed by atoms with E-state index in [0.29, 0.717) is 5.92 Å². The Balaban J connectivity index is 3.27. The number of nitrogens with zero attached hydrogens (tertiary/aromatic N) is 3. The van der Waals surface area contributed by atoms with Crippen molar-refractivity contribution >= 4 is 0 Å². The van der Waals surface area contributed by atoms with Crippen LogP contribution in [0.1, 0.15) is 43.1 Å². The Hall–Kier alpha value is -1.30. The van der Waals surface area contributed by atoms with Crippen molar-refractivity contribution in [1.29, 1.82) is 5.26 Å². The number of hydrogen-bond donors (Lipinski definition) is 0. The lowest BCUT2D eigenvalue weighted by Crippen LogP contribution is -2.03. The first kappa shape index (κ1) is 9.79. The highest BCUT2D eigenvalue weighted by molar-refractivity contribution is 5.39. The van der Waals surface area contributed by atoms with Gasteiger partial charge in [0.2, 0.25) is 0 Å². The molecule has 0 aliphatic carbocycles. The van der Waals surface area contributed by atoms with Gasteiger partial charge in [0.05, 0.1) is 17.0 Å². The minimum atomic E-state index is 0.404. The second-order valence-corrected chi connectivity index (χ2v) is 3.39. The molecule has 0 amide bonds. The maximum Gasteiger partial charge on any atom is 0.103 e. The van der Waals surface area contributed by atoms with Crippen LogP contribution in [0.15, 0.2) is 0 Å². The summed E-state index contributed by atoms with van der Waals surface area (Å²) >= 11 is 0. The van der Waals surface area contributed by atoms with Crippen molar-refractivity contribution in [1.82, 2.24) is 9.78 Å². The molecule has 0 spiro atoms. The van der Waals surface area contributed by atoms with Crippen LogP contribution >= 0.6 is 0 Å². The van der Waals surface area contributed by atoms with E-state index >= 15 is 0 Å². The average Bonchev–Trinajstić information content (AvgIpc) is 2.39. The molecule has 3 heteroatoms. The van der Waals surface area contributed by atoms with Gasteiger partial charge in [0.25, 0.3) is 0 Å². The van der Waals surface area contributed by atoms with Gasteiger partial charge in [-0.05, 0) is 19.3 Å². The van der Waals surface area contributed by atoms with Crippen LogP contribution in [-0.2, 0) is 7.05 Å². The quantitative estimate of drug-likeness (QED) is 0.694. The molecule has 0 N–H and O–H groups in total. The van der Waals surface area contributed by atoms with Gasteiger partial charge in [-0.25, -0.2) is 0 Å². The average molecular weight is 177 g/mol. The summed E-state index contributed by atoms with van der Waals surface area (Å²) in [7, 11) is 1.90. The third-order valence-corrected chi connectivity index (χ3v) is 2.46. The molecule has 1 atom stereocenters. The summed E-state index contributed by atoms with van der Waals surface area (Å²) in [6.45, 7) is 6.12. The highest BCUT2D eigenvalue weighted by Gasteiger charge is 2.16. The van der Waals surface area contributed by atoms with E-state index in [2.05, 4.69) is 25.0 Å². The van der Waals surface area contributed by atoms with E-state index in [1.165, 1.54) is 0 Å². The van der Waals surface area contributed by atoms with Crippen molar-refractivity contribution in [2.45, 2.75) is 33.1 Å². The Kier molecular flexibility index (Phi) is 2.72. The minimum absolute atomic E-state index is 0.404. The predicted octanol–water partition coefficient (Wildman–Crippen LogP) is 2.11. The van der Waals surface area contributed by atoms with Crippen molar-refractivity contribution in [2.24, 2.45) is 7.05 Å². The maximum absolute atomic E-state index is 8.95. The van der Waals surface area contributed by atoms with E-state index in [-0.39, 0.29) is 0 Å². The zero-order valence-corrected chi connectivity index (χ0v) is 8.63. The Labute approximate surface area is 79.0 Å². The number of aryl methyl sites for hydroxylation is 2. The van der Waals surface area contributed by atoms with Crippen LogP contribution in [-0.4, -0.2) is 9.78 Å². The molecule has 1 aromatic heterocycles. The maximum atomic E-state index is 8.95. The van der Waals surface area contributed by atoms with Gasteiger partial charge in [-0.1, -0.05) is 13.8 Å². The standard InChI is InChI=1S/C10H15N3/c1-5-7(2)10-9(6-11)8(3)12-13(10)4/h7H,5H2,1-4H3. The van der Waals surface area contributed by atoms with Gasteiger partial charge in [0.1, 0.15) is 6.07 Å². The monoisotopic (exact) mass is 177 g/mol. The zero-order valence-electron chi connectivity index (χ0n) is 8.63. The summed E-state index contributed by atoms with van der Waals surface area (Å²) < 4.78 is 1.82. The van der Waals surface area contributed by atoms with Gasteiger partial charge >= 0.3 is 0 Å². The molecule has 70 valence electrons. The highest BCUT2D eigenvalue weighted by atomic mass is 15.3. The third kappa shape index (κ3) is 1.57. The van der Waals surface area contributed by atoms with Crippen LogP contribution in [0.25, 0.3) is 0 Å². The Morgan fingerprint density at radius 3 is 2.69 bits per heavy atom. The third-order valence-electron chi connectivity index (χ3n) is 2.46. The summed E-state index contributed by atoms with van der Waals surface area (Å²) in [6, 6.07) is 2.22. The van der Waals surface area contributed by atoms with Crippen molar-refractivity contribution in [2.75, 3.05) is 0 Å². The van der Waals surface area contributed by atoms with Gasteiger partial charge in [0, 0.05) is 7.05 Å². The lowest BCUT2D eigenvalue weighted by atomic mass is 10.0. The number of hydrogen-bond acceptors (Lipinski definition) is 2. The van der Waals surface area contributed by atoms with Crippen LogP contribution in [0.2, 0.25) is 0 Å². The van der Waals surface area contributed by atoms with E-state index in [1.807, 2.05) is 18.7 Å². The van der Waals surface area contributed by atoms with Gasteiger partial charge in [0.15, 0.2) is 0 Å². The molecule has 0 saturated heterocycles. The largest absolute Gasteiger partial charge is 0.271 e. The lowest BCUT2D eigenvalue weighted by Gasteiger charge is -2.08. The minimum Gasteiger partial charge on any atom is -0.271 e. The smallest absolute Gasteiger partial charge is 0.103 e. The molecule has 13 heavy (non-hydrogen) atoms. The molecule has 1 heterocycles. The fraction of sp³-hybridized carbons (Fsp3) is 0.600. The number of rotatable bonds is 2. The summed E-state index contributed by atoms with van der Waals surface area (Å²) in [5.74, 6) is 0.404. The molecule has 1 rings (SSSR count). The number of aromatic nitrogens is 2. The molecule has 1 aromatic rings. The molecular formula is C10H15N3. The Bertz CT molecular complexity index is 344. The fourth-order valence-corrected chi connectivity index (χ4v) is 1.57. The Morgan fingerprint density at radius 1 is 1.62 bits per heavy atom. The summed E-state index contributed by atoms with van der Waals surface area (Å²) in [6.07, 6.45) is 1.04. The molecule has 0 aliphatic heterocycles. The molecule has 1 unspecified atom stereocenters. The van der Waals surface area contributed by atoms with Crippen LogP contribution < -0.4 is 0 Å². The molecule has 0 aromatic carbocycles. The molecule has 0 aliphatic rings. The van der Waals surface area contributed by atoms with Crippen LogP contribution in [0.5, 0.6) is 0 Å². The molecule has 0 radical (unpaired) electrons. The number of nitriles is 1. The van der Waals surface area contributed by atoms with E-state index in [0.717, 1.165) is 23.4 Å². The second-order valence-electron chi connectivity index (χ2n) is 3.39. The van der Waals surface area contributed by atoms with Crippen LogP contribution in [0, 0.1) is 18.3 Å². The first-order chi connectivity index (χ1) is 6.11. The van der Waals surface area contributed by atoms with E-state index in [4.69, 9.17) is 5.26 Å². The van der Waals surface area contributed by atoms with Crippen molar-refractivity contribution in [3.05, 3.63) is 17.0 Å². The predicted molar refractivity (Wildman–Crippen MR) is 51.4 cm³/mol. The van der Waals surface area contributed by atoms with Crippen molar-refractivity contribution < 1.29 is 0 Å². The first-order valence-corrected chi connectivity index (χ1v) is 4.55. The van der Waals surface area contributed by atoms with Gasteiger partial charge in [-0.2, -0.15) is 10.4 Å². The van der Waals surface area contributed by atoms with E-state index in [1.54, 1.807) is 0 Å². The zero-order chi connectivity index (χ0) is 10.0. The fourth-order valence-electron chi connectivity index (χ4n) is 1.57. The highest BCUT2D eigenvalue weighted by Crippen LogP contribution is 2.23. The summed E-state index contributed by atoms with van der Waals surface area (Å²) in [5, 5.41) is 13.2. The lowest BCUT2D eigenvalue weighted by molar-refractivity contribution is 0.622. The Morgan fingerprint density at radius 2 is 2.23 bits per heavy atom. The van der Waals surface area contributed by atoms with Crippen molar-refractivity contribution in [3.63, 3.8) is 0 Å². The SMILES string of the molecule is CCC(C)c1c(C#N)c(C)nn1C. The first-order valence-electron chi connectivity index (χ1n) is 4.55. The van der Waals surface area contributed by atoms with Crippen LogP contribution in [0.4, 0.5) is 0 Å². The normalized spacial score (nSPS) is 12.5. The second kappa shape index (κ2) is 3.61. The molecular weight excluding hydrogens is 162 g/mol. The van der Waals surface area contributed by atoms with E-state index < -0.39 is 0 Å². The molecule has 0 fully saturated rings. The summed E-state index contributed by atoms with van der Waals surface area (Å²) in [4.78, 5) is 0. The van der Waals surface area contributed by atoms with E-state index in [9.17, 15) is 0 Å². The molecule has 3 nitrogen and oxygen atoms in total. The summed E-state index contributed by atoms with van der Waals surface area (Å²) in [5.41, 5.74) is 2.64.